The molecule has 0 bridgehead atoms. The van der Waals surface area contributed by atoms with Crippen LogP contribution in [0.1, 0.15) is 27.2 Å². The second-order valence-electron chi connectivity index (χ2n) is 4.85. The zero-order chi connectivity index (χ0) is 13.1. The van der Waals surface area contributed by atoms with Crippen molar-refractivity contribution < 1.29 is 18.3 Å². The topological polar surface area (TPSA) is 75.6 Å². The van der Waals surface area contributed by atoms with Crippen LogP contribution >= 0.6 is 0 Å². The first-order valence-electron chi connectivity index (χ1n) is 6.07. The van der Waals surface area contributed by atoms with Gasteiger partial charge in [-0.15, -0.1) is 0 Å². The maximum Gasteiger partial charge on any atom is 0.151 e. The van der Waals surface area contributed by atoms with Crippen molar-refractivity contribution in [1.82, 2.24) is 5.32 Å². The van der Waals surface area contributed by atoms with Gasteiger partial charge in [0.05, 0.1) is 11.9 Å². The average Bonchev–Trinajstić information content (AvgIpc) is 2.57. The van der Waals surface area contributed by atoms with Crippen LogP contribution in [-0.4, -0.2) is 55.9 Å². The van der Waals surface area contributed by atoms with Gasteiger partial charge < -0.3 is 15.2 Å². The first kappa shape index (κ1) is 14.9. The molecule has 1 saturated heterocycles. The van der Waals surface area contributed by atoms with Crippen LogP contribution < -0.4 is 5.32 Å². The number of ether oxygens (including phenoxy) is 1. The molecular formula is C11H23NO4S. The van der Waals surface area contributed by atoms with Crippen LogP contribution in [-0.2, 0) is 14.6 Å². The monoisotopic (exact) mass is 265 g/mol. The van der Waals surface area contributed by atoms with Gasteiger partial charge in [-0.05, 0) is 13.8 Å². The summed E-state index contributed by atoms with van der Waals surface area (Å²) in [6.45, 7) is 6.22. The van der Waals surface area contributed by atoms with Crippen molar-refractivity contribution >= 4 is 9.84 Å². The molecule has 6 heteroatoms. The van der Waals surface area contributed by atoms with Gasteiger partial charge in [0.2, 0.25) is 0 Å². The molecule has 0 aromatic carbocycles. The van der Waals surface area contributed by atoms with Gasteiger partial charge in [0.15, 0.2) is 9.84 Å². The summed E-state index contributed by atoms with van der Waals surface area (Å²) in [5.41, 5.74) is -0.871. The summed E-state index contributed by atoms with van der Waals surface area (Å²) in [4.78, 5) is 0. The van der Waals surface area contributed by atoms with E-state index < -0.39 is 15.4 Å². The Balaban J connectivity index is 2.40. The molecular weight excluding hydrogens is 242 g/mol. The number of aliphatic hydroxyl groups is 1. The Morgan fingerprint density at radius 2 is 2.24 bits per heavy atom. The van der Waals surface area contributed by atoms with Gasteiger partial charge in [0.25, 0.3) is 0 Å². The highest BCUT2D eigenvalue weighted by Gasteiger charge is 2.39. The summed E-state index contributed by atoms with van der Waals surface area (Å²) in [5, 5.41) is 13.3. The number of hydrogen-bond acceptors (Lipinski definition) is 5. The molecule has 1 aliphatic rings. The van der Waals surface area contributed by atoms with Gasteiger partial charge in [-0.3, -0.25) is 0 Å². The van der Waals surface area contributed by atoms with Crippen LogP contribution in [0.15, 0.2) is 0 Å². The fraction of sp³-hybridized carbons (Fsp3) is 1.00. The van der Waals surface area contributed by atoms with Crippen LogP contribution in [0.4, 0.5) is 0 Å². The van der Waals surface area contributed by atoms with Gasteiger partial charge in [0, 0.05) is 31.4 Å². The predicted molar refractivity (Wildman–Crippen MR) is 66.8 cm³/mol. The molecule has 0 spiro atoms. The molecule has 2 N–H and O–H groups in total. The maximum absolute atomic E-state index is 11.4. The van der Waals surface area contributed by atoms with E-state index in [9.17, 15) is 13.5 Å². The van der Waals surface area contributed by atoms with Crippen LogP contribution in [0.25, 0.3) is 0 Å². The number of rotatable bonds is 6. The highest BCUT2D eigenvalue weighted by atomic mass is 32.2. The van der Waals surface area contributed by atoms with Crippen molar-refractivity contribution in [2.45, 2.75) is 44.9 Å². The van der Waals surface area contributed by atoms with Crippen LogP contribution in [0.3, 0.4) is 0 Å². The molecule has 0 aromatic heterocycles. The van der Waals surface area contributed by atoms with Crippen molar-refractivity contribution in [2.75, 3.05) is 24.7 Å². The van der Waals surface area contributed by atoms with E-state index >= 15 is 0 Å². The number of nitrogens with one attached hydrogen (secondary N) is 1. The summed E-state index contributed by atoms with van der Waals surface area (Å²) >= 11 is 0. The zero-order valence-corrected chi connectivity index (χ0v) is 11.6. The number of sulfone groups is 1. The van der Waals surface area contributed by atoms with Gasteiger partial charge in [-0.25, -0.2) is 8.42 Å². The summed E-state index contributed by atoms with van der Waals surface area (Å²) < 4.78 is 28.2. The summed E-state index contributed by atoms with van der Waals surface area (Å²) in [5.74, 6) is 0.262. The van der Waals surface area contributed by atoms with Gasteiger partial charge in [-0.2, -0.15) is 0 Å². The van der Waals surface area contributed by atoms with Crippen molar-refractivity contribution in [1.29, 1.82) is 0 Å². The molecule has 5 nitrogen and oxygen atoms in total. The second-order valence-corrected chi connectivity index (χ2v) is 7.25. The highest BCUT2D eigenvalue weighted by Crippen LogP contribution is 2.24. The lowest BCUT2D eigenvalue weighted by Gasteiger charge is -2.28. The van der Waals surface area contributed by atoms with E-state index in [1.165, 1.54) is 0 Å². The molecule has 1 aliphatic heterocycles. The van der Waals surface area contributed by atoms with E-state index in [1.54, 1.807) is 6.92 Å². The molecule has 0 amide bonds. The van der Waals surface area contributed by atoms with Gasteiger partial charge >= 0.3 is 0 Å². The second kappa shape index (κ2) is 5.65. The fourth-order valence-electron chi connectivity index (χ4n) is 1.91. The summed E-state index contributed by atoms with van der Waals surface area (Å²) in [6.07, 6.45) is 0.388. The van der Waals surface area contributed by atoms with Crippen LogP contribution in [0.5, 0.6) is 0 Å². The zero-order valence-electron chi connectivity index (χ0n) is 10.8. The molecule has 1 heterocycles. The van der Waals surface area contributed by atoms with Crippen molar-refractivity contribution in [2.24, 2.45) is 0 Å². The average molecular weight is 265 g/mol. The smallest absolute Gasteiger partial charge is 0.151 e. The van der Waals surface area contributed by atoms with E-state index in [0.717, 1.165) is 0 Å². The SMILES string of the molecule is CCS(=O)(=O)CC(C)NCC1(O)CCOC1C. The summed E-state index contributed by atoms with van der Waals surface area (Å²) in [7, 11) is -2.97. The lowest BCUT2D eigenvalue weighted by Crippen LogP contribution is -2.49. The molecule has 102 valence electrons. The molecule has 3 unspecified atom stereocenters. The normalized spacial score (nSPS) is 31.6. The number of hydrogen-bond donors (Lipinski definition) is 2. The minimum Gasteiger partial charge on any atom is -0.386 e. The minimum atomic E-state index is -2.97. The standard InChI is InChI=1S/C11H23NO4S/c1-4-17(14,15)7-9(2)12-8-11(13)5-6-16-10(11)3/h9-10,12-13H,4-8H2,1-3H3. The Kier molecular flexibility index (Phi) is 4.95. The highest BCUT2D eigenvalue weighted by molar-refractivity contribution is 7.91. The van der Waals surface area contributed by atoms with Crippen molar-refractivity contribution in [3.8, 4) is 0 Å². The lowest BCUT2D eigenvalue weighted by atomic mass is 9.96. The van der Waals surface area contributed by atoms with Crippen LogP contribution in [0.2, 0.25) is 0 Å². The first-order valence-corrected chi connectivity index (χ1v) is 7.89. The van der Waals surface area contributed by atoms with Gasteiger partial charge in [0.1, 0.15) is 5.60 Å². The third-order valence-electron chi connectivity index (χ3n) is 3.36. The van der Waals surface area contributed by atoms with E-state index in [0.29, 0.717) is 19.6 Å². The van der Waals surface area contributed by atoms with E-state index in [4.69, 9.17) is 4.74 Å². The quantitative estimate of drug-likeness (QED) is 0.703. The van der Waals surface area contributed by atoms with E-state index in [1.807, 2.05) is 13.8 Å². The molecule has 1 rings (SSSR count). The maximum atomic E-state index is 11.4. The minimum absolute atomic E-state index is 0.106. The third-order valence-corrected chi connectivity index (χ3v) is 5.25. The molecule has 1 fully saturated rings. The van der Waals surface area contributed by atoms with Crippen molar-refractivity contribution in [3.63, 3.8) is 0 Å². The molecule has 0 aliphatic carbocycles. The molecule has 0 saturated carbocycles. The third kappa shape index (κ3) is 4.21. The van der Waals surface area contributed by atoms with Crippen molar-refractivity contribution in [3.05, 3.63) is 0 Å². The van der Waals surface area contributed by atoms with Crippen LogP contribution in [0, 0.1) is 0 Å². The predicted octanol–water partition coefficient (Wildman–Crippen LogP) is -0.0609. The molecule has 0 aromatic rings. The Bertz CT molecular complexity index is 343. The van der Waals surface area contributed by atoms with Gasteiger partial charge in [-0.1, -0.05) is 6.92 Å². The van der Waals surface area contributed by atoms with E-state index in [-0.39, 0.29) is 23.7 Å². The fourth-order valence-corrected chi connectivity index (χ4v) is 3.03. The first-order chi connectivity index (χ1) is 7.79. The Hall–Kier alpha value is -0.170. The molecule has 17 heavy (non-hydrogen) atoms. The van der Waals surface area contributed by atoms with E-state index in [2.05, 4.69) is 5.32 Å². The Labute approximate surface area is 103 Å². The Morgan fingerprint density at radius 3 is 2.71 bits per heavy atom. The molecule has 3 atom stereocenters. The molecule has 0 radical (unpaired) electrons. The Morgan fingerprint density at radius 1 is 1.59 bits per heavy atom. The largest absolute Gasteiger partial charge is 0.386 e. The lowest BCUT2D eigenvalue weighted by molar-refractivity contribution is -0.0270. The summed E-state index contributed by atoms with van der Waals surface area (Å²) in [6, 6.07) is -0.156.